The van der Waals surface area contributed by atoms with Gasteiger partial charge in [-0.05, 0) is 50.2 Å². The molecule has 1 unspecified atom stereocenters. The maximum Gasteiger partial charge on any atom is 0.279 e. The molecule has 1 rings (SSSR count). The minimum Gasteiger partial charge on any atom is -0.330 e. The van der Waals surface area contributed by atoms with Crippen LogP contribution in [0.4, 0.5) is 0 Å². The molecule has 20 heavy (non-hydrogen) atoms. The van der Waals surface area contributed by atoms with Gasteiger partial charge in [-0.25, -0.2) is 4.72 Å². The molecule has 0 aromatic rings. The topological polar surface area (TPSA) is 75.4 Å². The van der Waals surface area contributed by atoms with E-state index in [1.807, 2.05) is 11.8 Å². The Kier molecular flexibility index (Phi) is 9.11. The smallest absolute Gasteiger partial charge is 0.279 e. The maximum absolute atomic E-state index is 12.2. The summed E-state index contributed by atoms with van der Waals surface area (Å²) in [5.74, 6) is 1.51. The Hall–Kier alpha value is 0.180. The summed E-state index contributed by atoms with van der Waals surface area (Å²) in [4.78, 5) is 0. The van der Waals surface area contributed by atoms with Crippen molar-refractivity contribution in [1.82, 2.24) is 9.03 Å². The van der Waals surface area contributed by atoms with Gasteiger partial charge in [-0.15, -0.1) is 0 Å². The quantitative estimate of drug-likeness (QED) is 0.596. The molecule has 1 atom stereocenters. The lowest BCUT2D eigenvalue weighted by molar-refractivity contribution is 0.268. The zero-order chi connectivity index (χ0) is 14.8. The summed E-state index contributed by atoms with van der Waals surface area (Å²) >= 11 is 1.86. The number of rotatable bonds is 10. The Morgan fingerprint density at radius 1 is 1.30 bits per heavy atom. The van der Waals surface area contributed by atoms with Gasteiger partial charge < -0.3 is 5.73 Å². The number of hydrogen-bond acceptors (Lipinski definition) is 4. The normalized spacial score (nSPS) is 21.2. The largest absolute Gasteiger partial charge is 0.330 e. The Labute approximate surface area is 128 Å². The van der Waals surface area contributed by atoms with E-state index < -0.39 is 10.2 Å². The third kappa shape index (κ3) is 6.76. The highest BCUT2D eigenvalue weighted by Gasteiger charge is 2.27. The summed E-state index contributed by atoms with van der Waals surface area (Å²) in [5, 5.41) is 0. The van der Waals surface area contributed by atoms with Crippen LogP contribution in [-0.4, -0.2) is 50.9 Å². The summed E-state index contributed by atoms with van der Waals surface area (Å²) in [6.07, 6.45) is 8.48. The molecule has 0 aliphatic carbocycles. The van der Waals surface area contributed by atoms with E-state index in [1.165, 1.54) is 18.6 Å². The first kappa shape index (κ1) is 18.2. The van der Waals surface area contributed by atoms with Crippen LogP contribution in [0.5, 0.6) is 0 Å². The average molecular weight is 324 g/mol. The summed E-state index contributed by atoms with van der Waals surface area (Å²) in [5.41, 5.74) is 5.64. The molecule has 0 radical (unpaired) electrons. The highest BCUT2D eigenvalue weighted by Crippen LogP contribution is 2.17. The van der Waals surface area contributed by atoms with Gasteiger partial charge in [0, 0.05) is 19.6 Å². The SMILES string of the molecule is CSCCCCCCNS(=O)(=O)N1CCCC(CN)C1. The first-order valence-corrected chi connectivity index (χ1v) is 10.4. The maximum atomic E-state index is 12.2. The van der Waals surface area contributed by atoms with Gasteiger partial charge in [-0.3, -0.25) is 0 Å². The van der Waals surface area contributed by atoms with Crippen molar-refractivity contribution in [3.63, 3.8) is 0 Å². The number of piperidine rings is 1. The molecule has 0 spiro atoms. The highest BCUT2D eigenvalue weighted by molar-refractivity contribution is 7.98. The van der Waals surface area contributed by atoms with E-state index in [0.717, 1.165) is 25.7 Å². The number of nitrogens with two attached hydrogens (primary N) is 1. The van der Waals surface area contributed by atoms with Gasteiger partial charge in [0.2, 0.25) is 0 Å². The summed E-state index contributed by atoms with van der Waals surface area (Å²) in [6, 6.07) is 0. The first-order chi connectivity index (χ1) is 9.60. The van der Waals surface area contributed by atoms with Crippen molar-refractivity contribution in [2.24, 2.45) is 11.7 Å². The fourth-order valence-corrected chi connectivity index (χ4v) is 4.31. The molecular weight excluding hydrogens is 294 g/mol. The Bertz CT molecular complexity index is 350. The van der Waals surface area contributed by atoms with E-state index >= 15 is 0 Å². The van der Waals surface area contributed by atoms with Gasteiger partial charge in [-0.1, -0.05) is 12.8 Å². The second kappa shape index (κ2) is 10.00. The second-order valence-corrected chi connectivity index (χ2v) is 8.15. The lowest BCUT2D eigenvalue weighted by atomic mass is 10.0. The second-order valence-electron chi connectivity index (χ2n) is 5.41. The van der Waals surface area contributed by atoms with Crippen molar-refractivity contribution in [3.05, 3.63) is 0 Å². The van der Waals surface area contributed by atoms with Crippen molar-refractivity contribution in [2.45, 2.75) is 38.5 Å². The Balaban J connectivity index is 2.20. The Morgan fingerprint density at radius 3 is 2.75 bits per heavy atom. The Morgan fingerprint density at radius 2 is 2.05 bits per heavy atom. The molecule has 0 amide bonds. The fraction of sp³-hybridized carbons (Fsp3) is 1.00. The van der Waals surface area contributed by atoms with Crippen LogP contribution in [0.1, 0.15) is 38.5 Å². The van der Waals surface area contributed by atoms with Crippen molar-refractivity contribution in [3.8, 4) is 0 Å². The molecule has 1 aliphatic rings. The molecule has 7 heteroatoms. The molecule has 0 bridgehead atoms. The molecule has 1 saturated heterocycles. The molecule has 1 aliphatic heterocycles. The molecule has 0 aromatic carbocycles. The van der Waals surface area contributed by atoms with Crippen molar-refractivity contribution in [1.29, 1.82) is 0 Å². The molecule has 1 heterocycles. The van der Waals surface area contributed by atoms with Gasteiger partial charge in [0.1, 0.15) is 0 Å². The number of hydrogen-bond donors (Lipinski definition) is 2. The van der Waals surface area contributed by atoms with E-state index in [-0.39, 0.29) is 0 Å². The zero-order valence-electron chi connectivity index (χ0n) is 12.5. The van der Waals surface area contributed by atoms with Crippen molar-refractivity contribution in [2.75, 3.05) is 38.2 Å². The van der Waals surface area contributed by atoms with Gasteiger partial charge in [0.25, 0.3) is 10.2 Å². The molecule has 1 fully saturated rings. The van der Waals surface area contributed by atoms with Crippen molar-refractivity contribution < 1.29 is 8.42 Å². The predicted octanol–water partition coefficient (Wildman–Crippen LogP) is 1.41. The summed E-state index contributed by atoms with van der Waals surface area (Å²) in [7, 11) is -3.30. The van der Waals surface area contributed by atoms with Gasteiger partial charge in [-0.2, -0.15) is 24.5 Å². The van der Waals surface area contributed by atoms with Crippen LogP contribution in [-0.2, 0) is 10.2 Å². The number of nitrogens with one attached hydrogen (secondary N) is 1. The van der Waals surface area contributed by atoms with Gasteiger partial charge in [0.05, 0.1) is 0 Å². The van der Waals surface area contributed by atoms with Crippen LogP contribution in [0.15, 0.2) is 0 Å². The standard InChI is InChI=1S/C13H29N3O2S2/c1-19-10-5-3-2-4-8-15-20(17,18)16-9-6-7-13(11-14)12-16/h13,15H,2-12,14H2,1H3. The number of unbranched alkanes of at least 4 members (excludes halogenated alkanes) is 3. The lowest BCUT2D eigenvalue weighted by Crippen LogP contribution is -2.47. The number of thioether (sulfide) groups is 1. The van der Waals surface area contributed by atoms with Crippen LogP contribution in [0, 0.1) is 5.92 Å². The third-order valence-electron chi connectivity index (χ3n) is 3.71. The van der Waals surface area contributed by atoms with Crippen LogP contribution in [0.25, 0.3) is 0 Å². The molecular formula is C13H29N3O2S2. The van der Waals surface area contributed by atoms with E-state index in [9.17, 15) is 8.42 Å². The van der Waals surface area contributed by atoms with Crippen LogP contribution < -0.4 is 10.5 Å². The zero-order valence-corrected chi connectivity index (χ0v) is 14.1. The molecule has 0 saturated carbocycles. The molecule has 3 N–H and O–H groups in total. The van der Waals surface area contributed by atoms with Crippen LogP contribution in [0.3, 0.4) is 0 Å². The first-order valence-electron chi connectivity index (χ1n) is 7.54. The van der Waals surface area contributed by atoms with Crippen LogP contribution in [0.2, 0.25) is 0 Å². The summed E-state index contributed by atoms with van der Waals surface area (Å²) < 4.78 is 28.6. The highest BCUT2D eigenvalue weighted by atomic mass is 32.2. The van der Waals surface area contributed by atoms with Crippen molar-refractivity contribution >= 4 is 22.0 Å². The number of nitrogens with zero attached hydrogens (tertiary/aromatic N) is 1. The van der Waals surface area contributed by atoms with E-state index in [0.29, 0.717) is 32.1 Å². The lowest BCUT2D eigenvalue weighted by Gasteiger charge is -2.31. The predicted molar refractivity (Wildman–Crippen MR) is 87.1 cm³/mol. The average Bonchev–Trinajstić information content (AvgIpc) is 2.46. The third-order valence-corrected chi connectivity index (χ3v) is 5.99. The van der Waals surface area contributed by atoms with Gasteiger partial charge in [0.15, 0.2) is 0 Å². The minimum atomic E-state index is -3.30. The van der Waals surface area contributed by atoms with Crippen LogP contribution >= 0.6 is 11.8 Å². The molecule has 120 valence electrons. The summed E-state index contributed by atoms with van der Waals surface area (Å²) in [6.45, 7) is 2.31. The van der Waals surface area contributed by atoms with E-state index in [4.69, 9.17) is 5.73 Å². The molecule has 0 aromatic heterocycles. The molecule has 5 nitrogen and oxygen atoms in total. The van der Waals surface area contributed by atoms with E-state index in [2.05, 4.69) is 11.0 Å². The minimum absolute atomic E-state index is 0.312. The fourth-order valence-electron chi connectivity index (χ4n) is 2.45. The monoisotopic (exact) mass is 323 g/mol. The van der Waals surface area contributed by atoms with E-state index in [1.54, 1.807) is 4.31 Å². The van der Waals surface area contributed by atoms with Gasteiger partial charge >= 0.3 is 0 Å².